The highest BCUT2D eigenvalue weighted by Crippen LogP contribution is 2.23. The second-order valence-corrected chi connectivity index (χ2v) is 6.66. The highest BCUT2D eigenvalue weighted by Gasteiger charge is 2.21. The number of benzene rings is 1. The zero-order valence-electron chi connectivity index (χ0n) is 13.0. The van der Waals surface area contributed by atoms with Crippen LogP contribution in [0.2, 0.25) is 0 Å². The molecule has 0 bridgehead atoms. The Bertz CT molecular complexity index is 514. The van der Waals surface area contributed by atoms with Crippen molar-refractivity contribution in [2.24, 2.45) is 5.92 Å². The first-order chi connectivity index (χ1) is 9.79. The molecule has 0 fully saturated rings. The Morgan fingerprint density at radius 3 is 2.52 bits per heavy atom. The van der Waals surface area contributed by atoms with Gasteiger partial charge in [0.05, 0.1) is 5.75 Å². The van der Waals surface area contributed by atoms with E-state index in [0.29, 0.717) is 6.42 Å². The van der Waals surface area contributed by atoms with Crippen LogP contribution in [0.25, 0.3) is 0 Å². The summed E-state index contributed by atoms with van der Waals surface area (Å²) in [6.07, 6.45) is 0.440. The number of aryl methyl sites for hydroxylation is 2. The lowest BCUT2D eigenvalue weighted by Crippen LogP contribution is -2.42. The summed E-state index contributed by atoms with van der Waals surface area (Å²) in [7, 11) is 0. The van der Waals surface area contributed by atoms with Gasteiger partial charge in [0.15, 0.2) is 0 Å². The first-order valence-electron chi connectivity index (χ1n) is 7.01. The van der Waals surface area contributed by atoms with Crippen molar-refractivity contribution in [3.05, 3.63) is 29.3 Å². The van der Waals surface area contributed by atoms with E-state index in [2.05, 4.69) is 5.32 Å². The van der Waals surface area contributed by atoms with Gasteiger partial charge in [0, 0.05) is 4.90 Å². The maximum absolute atomic E-state index is 11.9. The number of carbonyl (C=O) groups is 2. The van der Waals surface area contributed by atoms with Gasteiger partial charge in [-0.05, 0) is 37.8 Å². The van der Waals surface area contributed by atoms with Crippen molar-refractivity contribution in [2.45, 2.75) is 45.1 Å². The van der Waals surface area contributed by atoms with Crippen LogP contribution in [0.5, 0.6) is 0 Å². The fraction of sp³-hybridized carbons (Fsp3) is 0.500. The molecule has 1 atom stereocenters. The molecule has 1 aromatic carbocycles. The first-order valence-corrected chi connectivity index (χ1v) is 8.00. The lowest BCUT2D eigenvalue weighted by atomic mass is 10.0. The number of thioether (sulfide) groups is 1. The van der Waals surface area contributed by atoms with Crippen LogP contribution in [0.4, 0.5) is 0 Å². The Balaban J connectivity index is 2.56. The summed E-state index contributed by atoms with van der Waals surface area (Å²) >= 11 is 1.44. The maximum Gasteiger partial charge on any atom is 0.326 e. The number of nitrogens with one attached hydrogen (secondary N) is 1. The van der Waals surface area contributed by atoms with Crippen molar-refractivity contribution in [1.29, 1.82) is 0 Å². The molecule has 0 aliphatic carbocycles. The van der Waals surface area contributed by atoms with Crippen molar-refractivity contribution >= 4 is 23.6 Å². The average molecular weight is 309 g/mol. The van der Waals surface area contributed by atoms with Gasteiger partial charge in [0.2, 0.25) is 5.91 Å². The summed E-state index contributed by atoms with van der Waals surface area (Å²) in [5, 5.41) is 11.7. The van der Waals surface area contributed by atoms with Gasteiger partial charge < -0.3 is 10.4 Å². The van der Waals surface area contributed by atoms with Crippen molar-refractivity contribution < 1.29 is 14.7 Å². The highest BCUT2D eigenvalue weighted by molar-refractivity contribution is 8.00. The quantitative estimate of drug-likeness (QED) is 0.760. The Kier molecular flexibility index (Phi) is 6.75. The zero-order chi connectivity index (χ0) is 16.0. The zero-order valence-corrected chi connectivity index (χ0v) is 13.8. The number of carbonyl (C=O) groups excluding carboxylic acids is 1. The van der Waals surface area contributed by atoms with Crippen LogP contribution >= 0.6 is 11.8 Å². The molecule has 0 aliphatic rings. The SMILES string of the molecule is Cc1ccc(C)c(SCC(=O)N[C@H](CC(C)C)C(=O)O)c1. The molecule has 0 aliphatic heterocycles. The third-order valence-electron chi connectivity index (χ3n) is 3.04. The molecular weight excluding hydrogens is 286 g/mol. The minimum absolute atomic E-state index is 0.220. The van der Waals surface area contributed by atoms with E-state index < -0.39 is 12.0 Å². The summed E-state index contributed by atoms with van der Waals surface area (Å²) in [6, 6.07) is 5.28. The second-order valence-electron chi connectivity index (χ2n) is 5.65. The number of rotatable bonds is 7. The molecular formula is C16H23NO3S. The Hall–Kier alpha value is -1.49. The smallest absolute Gasteiger partial charge is 0.326 e. The molecule has 4 nitrogen and oxygen atoms in total. The van der Waals surface area contributed by atoms with E-state index in [1.54, 1.807) is 0 Å². The predicted octanol–water partition coefficient (Wildman–Crippen LogP) is 3.01. The fourth-order valence-electron chi connectivity index (χ4n) is 1.93. The Morgan fingerprint density at radius 2 is 1.95 bits per heavy atom. The molecule has 0 aromatic heterocycles. The van der Waals surface area contributed by atoms with Crippen LogP contribution in [-0.2, 0) is 9.59 Å². The summed E-state index contributed by atoms with van der Waals surface area (Å²) in [4.78, 5) is 24.1. The predicted molar refractivity (Wildman–Crippen MR) is 85.7 cm³/mol. The van der Waals surface area contributed by atoms with E-state index in [-0.39, 0.29) is 17.6 Å². The fourth-order valence-corrected chi connectivity index (χ4v) is 2.87. The lowest BCUT2D eigenvalue weighted by Gasteiger charge is -2.16. The summed E-state index contributed by atoms with van der Waals surface area (Å²) in [6.45, 7) is 7.88. The van der Waals surface area contributed by atoms with Gasteiger partial charge in [-0.25, -0.2) is 4.79 Å². The van der Waals surface area contributed by atoms with Crippen molar-refractivity contribution in [1.82, 2.24) is 5.32 Å². The lowest BCUT2D eigenvalue weighted by molar-refractivity contribution is -0.141. The van der Waals surface area contributed by atoms with Crippen LogP contribution < -0.4 is 5.32 Å². The number of carboxylic acids is 1. The Labute approximate surface area is 130 Å². The third-order valence-corrected chi connectivity index (χ3v) is 4.20. The van der Waals surface area contributed by atoms with Crippen LogP contribution in [0.15, 0.2) is 23.1 Å². The molecule has 2 N–H and O–H groups in total. The molecule has 1 aromatic rings. The summed E-state index contributed by atoms with van der Waals surface area (Å²) < 4.78 is 0. The van der Waals surface area contributed by atoms with Crippen LogP contribution in [0.3, 0.4) is 0 Å². The van der Waals surface area contributed by atoms with Crippen LogP contribution in [-0.4, -0.2) is 28.8 Å². The largest absolute Gasteiger partial charge is 0.480 e. The van der Waals surface area contributed by atoms with Gasteiger partial charge in [-0.3, -0.25) is 4.79 Å². The number of aliphatic carboxylic acids is 1. The molecule has 1 rings (SSSR count). The average Bonchev–Trinajstić information content (AvgIpc) is 2.38. The first kappa shape index (κ1) is 17.6. The van der Waals surface area contributed by atoms with E-state index in [1.165, 1.54) is 11.8 Å². The molecule has 0 saturated carbocycles. The van der Waals surface area contributed by atoms with E-state index in [1.807, 2.05) is 45.9 Å². The van der Waals surface area contributed by atoms with Crippen molar-refractivity contribution in [2.75, 3.05) is 5.75 Å². The highest BCUT2D eigenvalue weighted by atomic mass is 32.2. The van der Waals surface area contributed by atoms with Crippen LogP contribution in [0.1, 0.15) is 31.4 Å². The topological polar surface area (TPSA) is 66.4 Å². The van der Waals surface area contributed by atoms with Gasteiger partial charge in [-0.15, -0.1) is 11.8 Å². The Morgan fingerprint density at radius 1 is 1.29 bits per heavy atom. The summed E-state index contributed by atoms with van der Waals surface area (Å²) in [5.74, 6) is -0.771. The van der Waals surface area contributed by atoms with Gasteiger partial charge in [-0.2, -0.15) is 0 Å². The number of carboxylic acid groups (broad SMARTS) is 1. The maximum atomic E-state index is 11.9. The minimum Gasteiger partial charge on any atom is -0.480 e. The van der Waals surface area contributed by atoms with E-state index in [4.69, 9.17) is 5.11 Å². The normalized spacial score (nSPS) is 12.2. The molecule has 0 unspecified atom stereocenters. The van der Waals surface area contributed by atoms with Gasteiger partial charge in [-0.1, -0.05) is 31.5 Å². The van der Waals surface area contributed by atoms with Gasteiger partial charge in [0.25, 0.3) is 0 Å². The number of hydrogen-bond acceptors (Lipinski definition) is 3. The number of hydrogen-bond donors (Lipinski definition) is 2. The molecule has 116 valence electrons. The van der Waals surface area contributed by atoms with E-state index in [9.17, 15) is 9.59 Å². The molecule has 0 spiro atoms. The molecule has 1 amide bonds. The monoisotopic (exact) mass is 309 g/mol. The number of amides is 1. The second kappa shape index (κ2) is 8.08. The summed E-state index contributed by atoms with van der Waals surface area (Å²) in [5.41, 5.74) is 2.27. The van der Waals surface area contributed by atoms with Crippen molar-refractivity contribution in [3.8, 4) is 0 Å². The standard InChI is InChI=1S/C16H23NO3S/c1-10(2)7-13(16(19)20)17-15(18)9-21-14-8-11(3)5-6-12(14)4/h5-6,8,10,13H,7,9H2,1-4H3,(H,17,18)(H,19,20)/t13-/m1/s1. The van der Waals surface area contributed by atoms with E-state index >= 15 is 0 Å². The van der Waals surface area contributed by atoms with Gasteiger partial charge >= 0.3 is 5.97 Å². The minimum atomic E-state index is -0.978. The third kappa shape index (κ3) is 6.21. The molecule has 21 heavy (non-hydrogen) atoms. The molecule has 0 saturated heterocycles. The van der Waals surface area contributed by atoms with Crippen LogP contribution in [0, 0.1) is 19.8 Å². The van der Waals surface area contributed by atoms with Crippen molar-refractivity contribution in [3.63, 3.8) is 0 Å². The molecule has 0 heterocycles. The molecule has 0 radical (unpaired) electrons. The molecule has 5 heteroatoms. The van der Waals surface area contributed by atoms with Gasteiger partial charge in [0.1, 0.15) is 6.04 Å². The van der Waals surface area contributed by atoms with E-state index in [0.717, 1.165) is 16.0 Å².